The second kappa shape index (κ2) is 8.25. The summed E-state index contributed by atoms with van der Waals surface area (Å²) in [5, 5.41) is 13.8. The van der Waals surface area contributed by atoms with Gasteiger partial charge in [0, 0.05) is 26.2 Å². The Morgan fingerprint density at radius 1 is 1.04 bits per heavy atom. The molecule has 2 aliphatic rings. The van der Waals surface area contributed by atoms with Crippen molar-refractivity contribution in [3.8, 4) is 0 Å². The zero-order valence-electron chi connectivity index (χ0n) is 14.2. The molecule has 1 aromatic rings. The molecule has 0 saturated carbocycles. The Bertz CT molecular complexity index is 459. The van der Waals surface area contributed by atoms with Crippen LogP contribution in [0.25, 0.3) is 0 Å². The minimum Gasteiger partial charge on any atom is -0.387 e. The third-order valence-electron chi connectivity index (χ3n) is 5.20. The number of hydrogen-bond donors (Lipinski definition) is 2. The van der Waals surface area contributed by atoms with Crippen LogP contribution in [-0.2, 0) is 6.42 Å². The van der Waals surface area contributed by atoms with E-state index in [-0.39, 0.29) is 0 Å². The van der Waals surface area contributed by atoms with Crippen molar-refractivity contribution in [1.29, 1.82) is 0 Å². The molecule has 2 fully saturated rings. The van der Waals surface area contributed by atoms with Gasteiger partial charge in [-0.3, -0.25) is 4.90 Å². The minimum atomic E-state index is -0.498. The van der Waals surface area contributed by atoms with Gasteiger partial charge >= 0.3 is 0 Å². The molecule has 128 valence electrons. The summed E-state index contributed by atoms with van der Waals surface area (Å²) >= 11 is 0. The number of nitrogens with zero attached hydrogens (tertiary/aromatic N) is 2. The van der Waals surface area contributed by atoms with Gasteiger partial charge in [-0.1, -0.05) is 30.3 Å². The first kappa shape index (κ1) is 16.9. The van der Waals surface area contributed by atoms with Crippen molar-refractivity contribution >= 4 is 0 Å². The van der Waals surface area contributed by atoms with Gasteiger partial charge < -0.3 is 15.3 Å². The first-order chi connectivity index (χ1) is 11.2. The van der Waals surface area contributed by atoms with Gasteiger partial charge in [0.05, 0.1) is 5.60 Å². The Hall–Kier alpha value is -0.940. The fourth-order valence-corrected chi connectivity index (χ4v) is 3.84. The Morgan fingerprint density at radius 3 is 2.61 bits per heavy atom. The highest BCUT2D eigenvalue weighted by molar-refractivity contribution is 5.14. The number of rotatable bonds is 6. The van der Waals surface area contributed by atoms with Gasteiger partial charge in [-0.2, -0.15) is 0 Å². The van der Waals surface area contributed by atoms with E-state index in [1.54, 1.807) is 0 Å². The van der Waals surface area contributed by atoms with E-state index in [4.69, 9.17) is 0 Å². The van der Waals surface area contributed by atoms with Crippen molar-refractivity contribution < 1.29 is 5.11 Å². The van der Waals surface area contributed by atoms with Crippen molar-refractivity contribution in [3.05, 3.63) is 35.9 Å². The second-order valence-corrected chi connectivity index (χ2v) is 7.21. The summed E-state index contributed by atoms with van der Waals surface area (Å²) < 4.78 is 0. The van der Waals surface area contributed by atoms with Gasteiger partial charge in [-0.15, -0.1) is 0 Å². The molecule has 3 rings (SSSR count). The van der Waals surface area contributed by atoms with E-state index in [1.165, 1.54) is 37.9 Å². The summed E-state index contributed by atoms with van der Waals surface area (Å²) in [7, 11) is 0. The number of hydrogen-bond acceptors (Lipinski definition) is 4. The Kier molecular flexibility index (Phi) is 6.06. The molecule has 23 heavy (non-hydrogen) atoms. The molecule has 0 unspecified atom stereocenters. The average Bonchev–Trinajstić information content (AvgIpc) is 2.86. The maximum Gasteiger partial charge on any atom is 0.0909 e. The van der Waals surface area contributed by atoms with Crippen LogP contribution in [0.5, 0.6) is 0 Å². The molecule has 0 aromatic heterocycles. The molecule has 0 bridgehead atoms. The van der Waals surface area contributed by atoms with Crippen LogP contribution in [-0.4, -0.2) is 72.9 Å². The number of aliphatic hydroxyl groups is 1. The monoisotopic (exact) mass is 317 g/mol. The lowest BCUT2D eigenvalue weighted by Crippen LogP contribution is -2.45. The summed E-state index contributed by atoms with van der Waals surface area (Å²) in [5.74, 6) is 0. The van der Waals surface area contributed by atoms with Gasteiger partial charge in [-0.25, -0.2) is 0 Å². The lowest BCUT2D eigenvalue weighted by Gasteiger charge is -2.30. The average molecular weight is 317 g/mol. The van der Waals surface area contributed by atoms with Crippen LogP contribution in [0.4, 0.5) is 0 Å². The van der Waals surface area contributed by atoms with Gasteiger partial charge in [-0.05, 0) is 57.4 Å². The highest BCUT2D eigenvalue weighted by Crippen LogP contribution is 2.17. The van der Waals surface area contributed by atoms with Crippen molar-refractivity contribution in [2.24, 2.45) is 0 Å². The first-order valence-corrected chi connectivity index (χ1v) is 9.15. The molecule has 2 N–H and O–H groups in total. The molecule has 2 saturated heterocycles. The molecule has 4 heteroatoms. The Labute approximate surface area is 140 Å². The summed E-state index contributed by atoms with van der Waals surface area (Å²) in [6.07, 6.45) is 4.52. The number of β-amino-alcohol motifs (C(OH)–C–C–N with tert-alkyl or cyclic N) is 1. The van der Waals surface area contributed by atoms with E-state index in [2.05, 4.69) is 45.4 Å². The van der Waals surface area contributed by atoms with Crippen molar-refractivity contribution in [3.63, 3.8) is 0 Å². The maximum absolute atomic E-state index is 10.6. The summed E-state index contributed by atoms with van der Waals surface area (Å²) in [5.41, 5.74) is 0.947. The third-order valence-corrected chi connectivity index (χ3v) is 5.20. The number of nitrogens with one attached hydrogen (secondary N) is 1. The van der Waals surface area contributed by atoms with E-state index in [1.807, 2.05) is 0 Å². The Balaban J connectivity index is 1.38. The van der Waals surface area contributed by atoms with Gasteiger partial charge in [0.25, 0.3) is 0 Å². The van der Waals surface area contributed by atoms with Crippen LogP contribution in [0, 0.1) is 0 Å². The van der Waals surface area contributed by atoms with E-state index in [0.717, 1.165) is 45.7 Å². The van der Waals surface area contributed by atoms with Crippen molar-refractivity contribution in [1.82, 2.24) is 15.1 Å². The molecule has 1 aromatic carbocycles. The van der Waals surface area contributed by atoms with Crippen LogP contribution in [0.15, 0.2) is 30.3 Å². The maximum atomic E-state index is 10.6. The smallest absolute Gasteiger partial charge is 0.0909 e. The molecule has 2 aliphatic heterocycles. The van der Waals surface area contributed by atoms with Crippen LogP contribution in [0.1, 0.15) is 24.8 Å². The summed E-state index contributed by atoms with van der Waals surface area (Å²) in [6.45, 7) is 8.28. The predicted octanol–water partition coefficient (Wildman–Crippen LogP) is 1.35. The molecular weight excluding hydrogens is 286 g/mol. The van der Waals surface area contributed by atoms with Crippen LogP contribution in [0.2, 0.25) is 0 Å². The first-order valence-electron chi connectivity index (χ1n) is 9.15. The Morgan fingerprint density at radius 2 is 1.83 bits per heavy atom. The summed E-state index contributed by atoms with van der Waals surface area (Å²) in [6, 6.07) is 10.8. The molecule has 1 atom stereocenters. The lowest BCUT2D eigenvalue weighted by molar-refractivity contribution is 0.0220. The van der Waals surface area contributed by atoms with E-state index in [9.17, 15) is 5.11 Å². The topological polar surface area (TPSA) is 38.7 Å². The standard InChI is InChI=1S/C19H31N3O/c23-19(9-10-20-16-19)17-22-13-5-12-21(14-15-22)11-4-8-18-6-2-1-3-7-18/h1-3,6-7,20,23H,4-5,8-17H2/t19-/m0/s1. The second-order valence-electron chi connectivity index (χ2n) is 7.21. The number of aryl methyl sites for hydroxylation is 1. The zero-order valence-corrected chi connectivity index (χ0v) is 14.2. The highest BCUT2D eigenvalue weighted by atomic mass is 16.3. The fraction of sp³-hybridized carbons (Fsp3) is 0.684. The van der Waals surface area contributed by atoms with Crippen LogP contribution < -0.4 is 5.32 Å². The van der Waals surface area contributed by atoms with Crippen LogP contribution in [0.3, 0.4) is 0 Å². The van der Waals surface area contributed by atoms with Crippen LogP contribution >= 0.6 is 0 Å². The molecular formula is C19H31N3O. The highest BCUT2D eigenvalue weighted by Gasteiger charge is 2.33. The van der Waals surface area contributed by atoms with Crippen molar-refractivity contribution in [2.75, 3.05) is 52.4 Å². The quantitative estimate of drug-likeness (QED) is 0.831. The number of benzene rings is 1. The van der Waals surface area contributed by atoms with E-state index < -0.39 is 5.60 Å². The van der Waals surface area contributed by atoms with E-state index in [0.29, 0.717) is 0 Å². The van der Waals surface area contributed by atoms with Gasteiger partial charge in [0.1, 0.15) is 0 Å². The lowest BCUT2D eigenvalue weighted by atomic mass is 10.0. The van der Waals surface area contributed by atoms with Gasteiger partial charge in [0.15, 0.2) is 0 Å². The fourth-order valence-electron chi connectivity index (χ4n) is 3.84. The largest absolute Gasteiger partial charge is 0.387 e. The van der Waals surface area contributed by atoms with Gasteiger partial charge in [0.2, 0.25) is 0 Å². The minimum absolute atomic E-state index is 0.498. The summed E-state index contributed by atoms with van der Waals surface area (Å²) in [4.78, 5) is 5.06. The SMILES string of the molecule is O[C@@]1(CN2CCCN(CCCc3ccccc3)CC2)CCNC1. The normalized spacial score (nSPS) is 27.2. The zero-order chi connectivity index (χ0) is 16.0. The molecule has 0 radical (unpaired) electrons. The molecule has 4 nitrogen and oxygen atoms in total. The molecule has 2 heterocycles. The predicted molar refractivity (Wildman–Crippen MR) is 94.7 cm³/mol. The molecule has 0 amide bonds. The molecule has 0 spiro atoms. The van der Waals surface area contributed by atoms with Crippen molar-refractivity contribution in [2.45, 2.75) is 31.3 Å². The third kappa shape index (κ3) is 5.28. The van der Waals surface area contributed by atoms with E-state index >= 15 is 0 Å². The molecule has 0 aliphatic carbocycles.